The van der Waals surface area contributed by atoms with Crippen molar-refractivity contribution in [1.82, 2.24) is 15.3 Å². The van der Waals surface area contributed by atoms with Crippen molar-refractivity contribution in [2.75, 3.05) is 12.3 Å². The second-order valence-corrected chi connectivity index (χ2v) is 5.33. The first-order valence-electron chi connectivity index (χ1n) is 6.00. The number of nitrogens with zero attached hydrogens (tertiary/aromatic N) is 2. The summed E-state index contributed by atoms with van der Waals surface area (Å²) in [5.74, 6) is 1.11. The van der Waals surface area contributed by atoms with Crippen LogP contribution in [0.15, 0.2) is 17.4 Å². The van der Waals surface area contributed by atoms with Gasteiger partial charge >= 0.3 is 0 Å². The van der Waals surface area contributed by atoms with Gasteiger partial charge in [-0.3, -0.25) is 0 Å². The Morgan fingerprint density at radius 2 is 2.44 bits per heavy atom. The molecule has 1 atom stereocenters. The molecular formula is C12H19N3S. The van der Waals surface area contributed by atoms with Gasteiger partial charge in [0.25, 0.3) is 0 Å². The monoisotopic (exact) mass is 237 g/mol. The van der Waals surface area contributed by atoms with Gasteiger partial charge in [0.05, 0.1) is 0 Å². The van der Waals surface area contributed by atoms with E-state index in [4.69, 9.17) is 0 Å². The SMILES string of the molecule is Cc1ccnc(SCC[C@@H]2CCCCN2)n1. The number of hydrogen-bond acceptors (Lipinski definition) is 4. The Labute approximate surface area is 101 Å². The molecule has 1 aliphatic heterocycles. The van der Waals surface area contributed by atoms with E-state index in [0.29, 0.717) is 6.04 Å². The van der Waals surface area contributed by atoms with Gasteiger partial charge in [-0.15, -0.1) is 0 Å². The fraction of sp³-hybridized carbons (Fsp3) is 0.667. The summed E-state index contributed by atoms with van der Waals surface area (Å²) < 4.78 is 0. The van der Waals surface area contributed by atoms with Gasteiger partial charge < -0.3 is 5.32 Å². The van der Waals surface area contributed by atoms with Gasteiger partial charge in [-0.1, -0.05) is 18.2 Å². The van der Waals surface area contributed by atoms with E-state index in [9.17, 15) is 0 Å². The molecule has 0 spiro atoms. The van der Waals surface area contributed by atoms with Crippen molar-refractivity contribution < 1.29 is 0 Å². The van der Waals surface area contributed by atoms with Crippen molar-refractivity contribution in [3.05, 3.63) is 18.0 Å². The standard InChI is InChI=1S/C12H19N3S/c1-10-5-8-14-12(15-10)16-9-6-11-4-2-3-7-13-11/h5,8,11,13H,2-4,6-7,9H2,1H3/t11-/m0/s1. The van der Waals surface area contributed by atoms with Crippen molar-refractivity contribution in [2.45, 2.75) is 43.8 Å². The molecule has 0 aromatic carbocycles. The van der Waals surface area contributed by atoms with Gasteiger partial charge in [0, 0.05) is 23.7 Å². The second kappa shape index (κ2) is 6.21. The van der Waals surface area contributed by atoms with E-state index in [1.165, 1.54) is 32.2 Å². The molecule has 88 valence electrons. The fourth-order valence-electron chi connectivity index (χ4n) is 1.96. The molecule has 4 heteroatoms. The number of rotatable bonds is 4. The quantitative estimate of drug-likeness (QED) is 0.644. The number of aromatic nitrogens is 2. The van der Waals surface area contributed by atoms with E-state index in [-0.39, 0.29) is 0 Å². The predicted octanol–water partition coefficient (Wildman–Crippen LogP) is 2.41. The fourth-order valence-corrected chi connectivity index (χ4v) is 2.89. The number of piperidine rings is 1. The third-order valence-electron chi connectivity index (χ3n) is 2.88. The molecular weight excluding hydrogens is 218 g/mol. The maximum atomic E-state index is 4.39. The van der Waals surface area contributed by atoms with Crippen LogP contribution in [0.25, 0.3) is 0 Å². The van der Waals surface area contributed by atoms with E-state index in [0.717, 1.165) is 16.6 Å². The molecule has 0 unspecified atom stereocenters. The van der Waals surface area contributed by atoms with Crippen molar-refractivity contribution >= 4 is 11.8 Å². The number of thioether (sulfide) groups is 1. The van der Waals surface area contributed by atoms with E-state index in [1.807, 2.05) is 19.2 Å². The Morgan fingerprint density at radius 3 is 3.19 bits per heavy atom. The molecule has 1 N–H and O–H groups in total. The van der Waals surface area contributed by atoms with Crippen LogP contribution in [-0.4, -0.2) is 28.3 Å². The summed E-state index contributed by atoms with van der Waals surface area (Å²) in [6, 6.07) is 2.65. The van der Waals surface area contributed by atoms with Crippen LogP contribution in [0.1, 0.15) is 31.4 Å². The molecule has 0 saturated carbocycles. The Kier molecular flexibility index (Phi) is 4.60. The highest BCUT2D eigenvalue weighted by Gasteiger charge is 2.12. The lowest BCUT2D eigenvalue weighted by Gasteiger charge is -2.22. The lowest BCUT2D eigenvalue weighted by atomic mass is 10.0. The van der Waals surface area contributed by atoms with Crippen LogP contribution in [0.3, 0.4) is 0 Å². The van der Waals surface area contributed by atoms with E-state index >= 15 is 0 Å². The van der Waals surface area contributed by atoms with Gasteiger partial charge in [-0.25, -0.2) is 9.97 Å². The van der Waals surface area contributed by atoms with E-state index in [1.54, 1.807) is 11.8 Å². The lowest BCUT2D eigenvalue weighted by Crippen LogP contribution is -2.34. The molecule has 2 heterocycles. The molecule has 0 amide bonds. The molecule has 3 nitrogen and oxygen atoms in total. The van der Waals surface area contributed by atoms with E-state index < -0.39 is 0 Å². The van der Waals surface area contributed by atoms with Gasteiger partial charge in [0.15, 0.2) is 5.16 Å². The number of nitrogens with one attached hydrogen (secondary N) is 1. The summed E-state index contributed by atoms with van der Waals surface area (Å²) in [4.78, 5) is 8.64. The van der Waals surface area contributed by atoms with Crippen LogP contribution in [0.4, 0.5) is 0 Å². The van der Waals surface area contributed by atoms with Crippen LogP contribution in [-0.2, 0) is 0 Å². The summed E-state index contributed by atoms with van der Waals surface area (Å²) in [6.07, 6.45) is 7.11. The van der Waals surface area contributed by atoms with Crippen molar-refractivity contribution in [3.8, 4) is 0 Å². The zero-order valence-electron chi connectivity index (χ0n) is 9.78. The molecule has 1 saturated heterocycles. The average Bonchev–Trinajstić information content (AvgIpc) is 2.30. The normalized spacial score (nSPS) is 20.9. The summed E-state index contributed by atoms with van der Waals surface area (Å²) in [7, 11) is 0. The first-order chi connectivity index (χ1) is 7.84. The minimum absolute atomic E-state index is 0.714. The van der Waals surface area contributed by atoms with Crippen LogP contribution in [0.2, 0.25) is 0 Å². The first-order valence-corrected chi connectivity index (χ1v) is 6.99. The largest absolute Gasteiger partial charge is 0.314 e. The van der Waals surface area contributed by atoms with Crippen molar-refractivity contribution in [1.29, 1.82) is 0 Å². The topological polar surface area (TPSA) is 37.8 Å². The highest BCUT2D eigenvalue weighted by molar-refractivity contribution is 7.99. The Bertz CT molecular complexity index is 324. The van der Waals surface area contributed by atoms with Gasteiger partial charge in [0.2, 0.25) is 0 Å². The maximum absolute atomic E-state index is 4.39. The van der Waals surface area contributed by atoms with Crippen molar-refractivity contribution in [2.24, 2.45) is 0 Å². The molecule has 1 aromatic rings. The number of aryl methyl sites for hydroxylation is 1. The summed E-state index contributed by atoms with van der Waals surface area (Å²) >= 11 is 1.77. The third-order valence-corrected chi connectivity index (χ3v) is 3.78. The maximum Gasteiger partial charge on any atom is 0.187 e. The second-order valence-electron chi connectivity index (χ2n) is 4.26. The Balaban J connectivity index is 1.71. The average molecular weight is 237 g/mol. The van der Waals surface area contributed by atoms with Crippen LogP contribution in [0.5, 0.6) is 0 Å². The molecule has 1 fully saturated rings. The third kappa shape index (κ3) is 3.76. The zero-order chi connectivity index (χ0) is 11.2. The van der Waals surface area contributed by atoms with Gasteiger partial charge in [-0.05, 0) is 38.8 Å². The highest BCUT2D eigenvalue weighted by Crippen LogP contribution is 2.17. The van der Waals surface area contributed by atoms with Gasteiger partial charge in [-0.2, -0.15) is 0 Å². The molecule has 0 bridgehead atoms. The molecule has 0 aliphatic carbocycles. The summed E-state index contributed by atoms with van der Waals surface area (Å²) in [6.45, 7) is 3.20. The van der Waals surface area contributed by atoms with Gasteiger partial charge in [0.1, 0.15) is 0 Å². The van der Waals surface area contributed by atoms with Crippen LogP contribution in [0, 0.1) is 6.92 Å². The lowest BCUT2D eigenvalue weighted by molar-refractivity contribution is 0.394. The molecule has 2 rings (SSSR count). The van der Waals surface area contributed by atoms with Crippen LogP contribution < -0.4 is 5.32 Å². The Hall–Kier alpha value is -0.610. The van der Waals surface area contributed by atoms with Crippen molar-refractivity contribution in [3.63, 3.8) is 0 Å². The Morgan fingerprint density at radius 1 is 1.50 bits per heavy atom. The van der Waals surface area contributed by atoms with Crippen LogP contribution >= 0.6 is 11.8 Å². The molecule has 1 aromatic heterocycles. The smallest absolute Gasteiger partial charge is 0.187 e. The van der Waals surface area contributed by atoms with E-state index in [2.05, 4.69) is 15.3 Å². The number of hydrogen-bond donors (Lipinski definition) is 1. The first kappa shape index (κ1) is 11.9. The summed E-state index contributed by atoms with van der Waals surface area (Å²) in [5, 5.41) is 4.48. The minimum atomic E-state index is 0.714. The predicted molar refractivity (Wildman–Crippen MR) is 67.8 cm³/mol. The highest BCUT2D eigenvalue weighted by atomic mass is 32.2. The molecule has 0 radical (unpaired) electrons. The minimum Gasteiger partial charge on any atom is -0.314 e. The molecule has 16 heavy (non-hydrogen) atoms. The molecule has 1 aliphatic rings. The summed E-state index contributed by atoms with van der Waals surface area (Å²) in [5.41, 5.74) is 1.05. The zero-order valence-corrected chi connectivity index (χ0v) is 10.6.